The van der Waals surface area contributed by atoms with Crippen molar-refractivity contribution in [3.63, 3.8) is 0 Å². The summed E-state index contributed by atoms with van der Waals surface area (Å²) >= 11 is 0. The molecule has 2 fully saturated rings. The normalized spacial score (nSPS) is 18.7. The summed E-state index contributed by atoms with van der Waals surface area (Å²) in [6.45, 7) is 11.9. The molecule has 2 amide bonds. The van der Waals surface area contributed by atoms with E-state index in [-0.39, 0.29) is 17.9 Å². The highest BCUT2D eigenvalue weighted by atomic mass is 16.6. The second kappa shape index (κ2) is 10.7. The van der Waals surface area contributed by atoms with E-state index >= 15 is 0 Å². The van der Waals surface area contributed by atoms with E-state index in [4.69, 9.17) is 4.74 Å². The summed E-state index contributed by atoms with van der Waals surface area (Å²) in [5.41, 5.74) is -0.460. The number of piperazine rings is 1. The van der Waals surface area contributed by atoms with Crippen LogP contribution in [0, 0.1) is 5.92 Å². The summed E-state index contributed by atoms with van der Waals surface area (Å²) in [5.74, 6) is 0.967. The molecule has 3 rings (SSSR count). The highest BCUT2D eigenvalue weighted by Crippen LogP contribution is 2.20. The van der Waals surface area contributed by atoms with Crippen molar-refractivity contribution in [3.05, 3.63) is 18.5 Å². The lowest BCUT2D eigenvalue weighted by molar-refractivity contribution is -0.125. The van der Waals surface area contributed by atoms with Crippen LogP contribution in [-0.4, -0.2) is 89.7 Å². The molecule has 172 valence electrons. The van der Waals surface area contributed by atoms with Gasteiger partial charge >= 0.3 is 6.09 Å². The van der Waals surface area contributed by atoms with Crippen molar-refractivity contribution in [2.24, 2.45) is 5.92 Å². The maximum atomic E-state index is 12.5. The molecule has 0 atom stereocenters. The predicted octanol–water partition coefficient (Wildman–Crippen LogP) is 1.75. The third kappa shape index (κ3) is 7.34. The number of aromatic nitrogens is 2. The van der Waals surface area contributed by atoms with E-state index in [1.54, 1.807) is 17.3 Å². The maximum absolute atomic E-state index is 12.5. The van der Waals surface area contributed by atoms with Crippen LogP contribution in [0.25, 0.3) is 0 Å². The number of piperidine rings is 1. The van der Waals surface area contributed by atoms with Gasteiger partial charge in [-0.15, -0.1) is 0 Å². The number of ether oxygens (including phenoxy) is 1. The van der Waals surface area contributed by atoms with Crippen molar-refractivity contribution < 1.29 is 14.3 Å². The maximum Gasteiger partial charge on any atom is 0.410 e. The molecule has 0 spiro atoms. The van der Waals surface area contributed by atoms with Gasteiger partial charge in [0.2, 0.25) is 11.9 Å². The Bertz CT molecular complexity index is 708. The summed E-state index contributed by atoms with van der Waals surface area (Å²) < 4.78 is 5.44. The summed E-state index contributed by atoms with van der Waals surface area (Å²) in [7, 11) is 0. The Morgan fingerprint density at radius 1 is 1.06 bits per heavy atom. The van der Waals surface area contributed by atoms with E-state index in [1.165, 1.54) is 0 Å². The predicted molar refractivity (Wildman–Crippen MR) is 119 cm³/mol. The fourth-order valence-electron chi connectivity index (χ4n) is 3.94. The molecule has 9 heteroatoms. The molecule has 3 heterocycles. The highest BCUT2D eigenvalue weighted by Gasteiger charge is 2.27. The molecule has 2 aliphatic heterocycles. The average Bonchev–Trinajstić information content (AvgIpc) is 2.76. The Kier molecular flexibility index (Phi) is 8.06. The molecule has 1 aromatic heterocycles. The highest BCUT2D eigenvalue weighted by molar-refractivity contribution is 5.78. The number of carbonyl (C=O) groups excluding carboxylic acids is 2. The van der Waals surface area contributed by atoms with Crippen molar-refractivity contribution in [1.82, 2.24) is 25.1 Å². The van der Waals surface area contributed by atoms with E-state index in [9.17, 15) is 9.59 Å². The van der Waals surface area contributed by atoms with Gasteiger partial charge in [0.25, 0.3) is 0 Å². The van der Waals surface area contributed by atoms with E-state index in [1.807, 2.05) is 26.8 Å². The van der Waals surface area contributed by atoms with Crippen LogP contribution in [-0.2, 0) is 9.53 Å². The van der Waals surface area contributed by atoms with Crippen LogP contribution in [0.5, 0.6) is 0 Å². The Morgan fingerprint density at radius 2 is 1.71 bits per heavy atom. The molecule has 2 aliphatic rings. The van der Waals surface area contributed by atoms with Gasteiger partial charge in [0, 0.05) is 64.1 Å². The second-order valence-corrected chi connectivity index (χ2v) is 9.26. The molecule has 1 N–H and O–H groups in total. The zero-order valence-electron chi connectivity index (χ0n) is 19.0. The minimum atomic E-state index is -0.460. The Hall–Kier alpha value is -2.42. The number of hydrogen-bond acceptors (Lipinski definition) is 7. The first kappa shape index (κ1) is 23.2. The number of nitrogens with zero attached hydrogens (tertiary/aromatic N) is 5. The zero-order chi connectivity index (χ0) is 22.3. The van der Waals surface area contributed by atoms with Gasteiger partial charge in [-0.25, -0.2) is 14.8 Å². The van der Waals surface area contributed by atoms with Gasteiger partial charge in [-0.05, 0) is 52.6 Å². The molecule has 0 unspecified atom stereocenters. The van der Waals surface area contributed by atoms with E-state index in [0.717, 1.165) is 57.9 Å². The van der Waals surface area contributed by atoms with Crippen LogP contribution in [0.4, 0.5) is 10.7 Å². The fourth-order valence-corrected chi connectivity index (χ4v) is 3.94. The standard InChI is InChI=1S/C22H36N6O3/c1-22(2,3)31-21(30)28-16-14-26(15-17-28)11-5-10-23-19(29)18-6-12-27(13-7-18)20-24-8-4-9-25-20/h4,8-9,18H,5-7,10-17H2,1-3H3,(H,23,29). The average molecular weight is 433 g/mol. The number of rotatable bonds is 6. The molecular formula is C22H36N6O3. The second-order valence-electron chi connectivity index (χ2n) is 9.26. The third-order valence-electron chi connectivity index (χ3n) is 5.68. The summed E-state index contributed by atoms with van der Waals surface area (Å²) in [6.07, 6.45) is 5.84. The minimum absolute atomic E-state index is 0.0670. The molecule has 0 bridgehead atoms. The Morgan fingerprint density at radius 3 is 2.32 bits per heavy atom. The first-order chi connectivity index (χ1) is 14.8. The lowest BCUT2D eigenvalue weighted by Crippen LogP contribution is -2.50. The van der Waals surface area contributed by atoms with E-state index < -0.39 is 5.60 Å². The van der Waals surface area contributed by atoms with Gasteiger partial charge in [-0.1, -0.05) is 0 Å². The molecule has 0 saturated carbocycles. The Balaban J connectivity index is 1.27. The quantitative estimate of drug-likeness (QED) is 0.685. The first-order valence-electron chi connectivity index (χ1n) is 11.3. The zero-order valence-corrected chi connectivity index (χ0v) is 19.0. The van der Waals surface area contributed by atoms with Crippen LogP contribution in [0.2, 0.25) is 0 Å². The molecule has 0 aliphatic carbocycles. The summed E-state index contributed by atoms with van der Waals surface area (Å²) in [6, 6.07) is 1.81. The van der Waals surface area contributed by atoms with Crippen molar-refractivity contribution in [2.75, 3.05) is 57.3 Å². The van der Waals surface area contributed by atoms with Crippen LogP contribution in [0.1, 0.15) is 40.0 Å². The van der Waals surface area contributed by atoms with Crippen molar-refractivity contribution in [2.45, 2.75) is 45.6 Å². The third-order valence-corrected chi connectivity index (χ3v) is 5.68. The molecule has 0 radical (unpaired) electrons. The number of anilines is 1. The van der Waals surface area contributed by atoms with Gasteiger partial charge in [-0.2, -0.15) is 0 Å². The molecule has 9 nitrogen and oxygen atoms in total. The van der Waals surface area contributed by atoms with Crippen LogP contribution >= 0.6 is 0 Å². The van der Waals surface area contributed by atoms with Gasteiger partial charge in [0.05, 0.1) is 0 Å². The van der Waals surface area contributed by atoms with Crippen molar-refractivity contribution in [3.8, 4) is 0 Å². The molecule has 1 aromatic rings. The molecular weight excluding hydrogens is 396 g/mol. The first-order valence-corrected chi connectivity index (χ1v) is 11.3. The van der Waals surface area contributed by atoms with E-state index in [0.29, 0.717) is 19.6 Å². The number of carbonyl (C=O) groups is 2. The Labute approximate surface area is 185 Å². The molecule has 2 saturated heterocycles. The topological polar surface area (TPSA) is 90.9 Å². The number of hydrogen-bond donors (Lipinski definition) is 1. The number of nitrogens with one attached hydrogen (secondary N) is 1. The van der Waals surface area contributed by atoms with Crippen LogP contribution in [0.3, 0.4) is 0 Å². The lowest BCUT2D eigenvalue weighted by atomic mass is 9.96. The SMILES string of the molecule is CC(C)(C)OC(=O)N1CCN(CCCNC(=O)C2CCN(c3ncccn3)CC2)CC1. The number of amides is 2. The largest absolute Gasteiger partial charge is 0.444 e. The van der Waals surface area contributed by atoms with E-state index in [2.05, 4.69) is 25.1 Å². The van der Waals surface area contributed by atoms with Gasteiger partial charge < -0.3 is 19.9 Å². The molecule has 0 aromatic carbocycles. The van der Waals surface area contributed by atoms with Gasteiger partial charge in [0.1, 0.15) is 5.60 Å². The molecule has 31 heavy (non-hydrogen) atoms. The lowest BCUT2D eigenvalue weighted by Gasteiger charge is -2.35. The van der Waals surface area contributed by atoms with Crippen molar-refractivity contribution in [1.29, 1.82) is 0 Å². The van der Waals surface area contributed by atoms with Crippen molar-refractivity contribution >= 4 is 17.9 Å². The van der Waals surface area contributed by atoms with Crippen LogP contribution < -0.4 is 10.2 Å². The van der Waals surface area contributed by atoms with Gasteiger partial charge in [-0.3, -0.25) is 9.69 Å². The summed E-state index contributed by atoms with van der Waals surface area (Å²) in [5, 5.41) is 3.10. The van der Waals surface area contributed by atoms with Crippen LogP contribution in [0.15, 0.2) is 18.5 Å². The smallest absolute Gasteiger partial charge is 0.410 e. The summed E-state index contributed by atoms with van der Waals surface area (Å²) in [4.78, 5) is 39.5. The van der Waals surface area contributed by atoms with Gasteiger partial charge in [0.15, 0.2) is 0 Å². The fraction of sp³-hybridized carbons (Fsp3) is 0.727. The minimum Gasteiger partial charge on any atom is -0.444 e. The monoisotopic (exact) mass is 432 g/mol.